The van der Waals surface area contributed by atoms with E-state index >= 15 is 0 Å². The molecule has 0 radical (unpaired) electrons. The van der Waals surface area contributed by atoms with Crippen LogP contribution in [-0.2, 0) is 5.41 Å². The largest absolute Gasteiger partial charge is 0.399 e. The van der Waals surface area contributed by atoms with Gasteiger partial charge in [-0.15, -0.1) is 0 Å². The van der Waals surface area contributed by atoms with Crippen molar-refractivity contribution in [2.45, 2.75) is 52.4 Å². The highest BCUT2D eigenvalue weighted by Crippen LogP contribution is 2.35. The molecule has 1 aromatic carbocycles. The quantitative estimate of drug-likeness (QED) is 0.582. The Balaban J connectivity index is 2.12. The van der Waals surface area contributed by atoms with Gasteiger partial charge in [0.15, 0.2) is 0 Å². The second-order valence-electron chi connectivity index (χ2n) is 7.82. The molecule has 1 aliphatic rings. The fourth-order valence-corrected chi connectivity index (χ4v) is 3.43. The third-order valence-corrected chi connectivity index (χ3v) is 5.32. The van der Waals surface area contributed by atoms with Gasteiger partial charge in [0.25, 0.3) is 0 Å². The number of allylic oxidation sites excluding steroid dienone is 8. The van der Waals surface area contributed by atoms with Gasteiger partial charge in [-0.1, -0.05) is 86.2 Å². The molecule has 1 atom stereocenters. The first-order chi connectivity index (χ1) is 12.3. The van der Waals surface area contributed by atoms with Crippen LogP contribution < -0.4 is 5.73 Å². The van der Waals surface area contributed by atoms with Crippen molar-refractivity contribution in [1.82, 2.24) is 0 Å². The summed E-state index contributed by atoms with van der Waals surface area (Å²) < 4.78 is 0. The van der Waals surface area contributed by atoms with Crippen molar-refractivity contribution in [2.24, 2.45) is 11.7 Å². The summed E-state index contributed by atoms with van der Waals surface area (Å²) in [6, 6.07) is 8.93. The van der Waals surface area contributed by atoms with Crippen LogP contribution in [0.4, 0.5) is 0 Å². The van der Waals surface area contributed by atoms with Crippen LogP contribution >= 0.6 is 0 Å². The summed E-state index contributed by atoms with van der Waals surface area (Å²) in [5.41, 5.74) is 11.7. The van der Waals surface area contributed by atoms with Crippen molar-refractivity contribution in [3.05, 3.63) is 95.3 Å². The monoisotopic (exact) mass is 347 g/mol. The van der Waals surface area contributed by atoms with Crippen LogP contribution in [0.2, 0.25) is 0 Å². The highest BCUT2D eigenvalue weighted by molar-refractivity contribution is 5.41. The van der Waals surface area contributed by atoms with Crippen molar-refractivity contribution in [3.8, 4) is 0 Å². The minimum atomic E-state index is 0.0275. The summed E-state index contributed by atoms with van der Waals surface area (Å²) in [4.78, 5) is 0. The van der Waals surface area contributed by atoms with Crippen molar-refractivity contribution in [2.75, 3.05) is 0 Å². The lowest BCUT2D eigenvalue weighted by Gasteiger charge is -2.27. The summed E-state index contributed by atoms with van der Waals surface area (Å²) in [6.07, 6.45) is 16.6. The second kappa shape index (κ2) is 8.89. The van der Waals surface area contributed by atoms with E-state index in [1.54, 1.807) is 0 Å². The van der Waals surface area contributed by atoms with Crippen molar-refractivity contribution >= 4 is 0 Å². The Labute approximate surface area is 159 Å². The van der Waals surface area contributed by atoms with Gasteiger partial charge < -0.3 is 5.73 Å². The van der Waals surface area contributed by atoms with Gasteiger partial charge in [0.05, 0.1) is 0 Å². The fraction of sp³-hybridized carbons (Fsp3) is 0.360. The smallest absolute Gasteiger partial charge is 0.0241 e. The third-order valence-electron chi connectivity index (χ3n) is 5.32. The van der Waals surface area contributed by atoms with Crippen LogP contribution in [0, 0.1) is 12.8 Å². The molecular weight excluding hydrogens is 314 g/mol. The van der Waals surface area contributed by atoms with Gasteiger partial charge in [-0.2, -0.15) is 0 Å². The van der Waals surface area contributed by atoms with E-state index in [0.717, 1.165) is 12.8 Å². The van der Waals surface area contributed by atoms with E-state index in [1.165, 1.54) is 28.7 Å². The van der Waals surface area contributed by atoms with E-state index in [0.29, 0.717) is 11.6 Å². The molecule has 0 aliphatic heterocycles. The molecule has 0 aromatic heterocycles. The molecule has 0 spiro atoms. The maximum Gasteiger partial charge on any atom is 0.0241 e. The zero-order valence-electron chi connectivity index (χ0n) is 16.8. The number of rotatable bonds is 6. The average Bonchev–Trinajstić information content (AvgIpc) is 2.85. The van der Waals surface area contributed by atoms with Crippen LogP contribution in [0.3, 0.4) is 0 Å². The minimum absolute atomic E-state index is 0.0275. The highest BCUT2D eigenvalue weighted by atomic mass is 14.5. The topological polar surface area (TPSA) is 26.0 Å². The minimum Gasteiger partial charge on any atom is -0.399 e. The Bertz CT molecular complexity index is 739. The predicted molar refractivity (Wildman–Crippen MR) is 115 cm³/mol. The van der Waals surface area contributed by atoms with Crippen LogP contribution in [-0.4, -0.2) is 0 Å². The van der Waals surface area contributed by atoms with E-state index in [-0.39, 0.29) is 5.41 Å². The van der Waals surface area contributed by atoms with E-state index in [2.05, 4.69) is 88.9 Å². The Morgan fingerprint density at radius 2 is 1.92 bits per heavy atom. The van der Waals surface area contributed by atoms with Gasteiger partial charge in [0, 0.05) is 11.1 Å². The molecule has 0 saturated carbocycles. The number of nitrogens with two attached hydrogens (primary N) is 1. The van der Waals surface area contributed by atoms with Gasteiger partial charge in [-0.05, 0) is 56.2 Å². The summed E-state index contributed by atoms with van der Waals surface area (Å²) in [6.45, 7) is 12.6. The number of hydrogen-bond acceptors (Lipinski definition) is 1. The maximum absolute atomic E-state index is 5.65. The SMILES string of the molecule is C=C(N)/C=C\C(=C/C)CC1C=CC(C(C)(C)c2ccc(C)cc2)=CCC1. The molecule has 2 N–H and O–H groups in total. The molecule has 1 nitrogen and oxygen atoms in total. The molecule has 0 heterocycles. The summed E-state index contributed by atoms with van der Waals surface area (Å²) in [5.74, 6) is 0.555. The number of benzene rings is 1. The Kier molecular flexibility index (Phi) is 6.85. The lowest BCUT2D eigenvalue weighted by atomic mass is 9.77. The molecule has 1 heteroatoms. The zero-order chi connectivity index (χ0) is 19.2. The van der Waals surface area contributed by atoms with E-state index < -0.39 is 0 Å². The highest BCUT2D eigenvalue weighted by Gasteiger charge is 2.25. The van der Waals surface area contributed by atoms with Gasteiger partial charge in [-0.3, -0.25) is 0 Å². The Morgan fingerprint density at radius 3 is 2.54 bits per heavy atom. The molecule has 0 amide bonds. The number of hydrogen-bond donors (Lipinski definition) is 1. The Morgan fingerprint density at radius 1 is 1.23 bits per heavy atom. The molecule has 1 aromatic rings. The molecule has 2 rings (SSSR count). The predicted octanol–water partition coefficient (Wildman–Crippen LogP) is 6.53. The van der Waals surface area contributed by atoms with Crippen LogP contribution in [0.15, 0.2) is 84.1 Å². The van der Waals surface area contributed by atoms with E-state index in [4.69, 9.17) is 5.73 Å². The van der Waals surface area contributed by atoms with Crippen LogP contribution in [0.25, 0.3) is 0 Å². The molecule has 26 heavy (non-hydrogen) atoms. The molecule has 0 bridgehead atoms. The molecule has 1 unspecified atom stereocenters. The third kappa shape index (κ3) is 5.36. The summed E-state index contributed by atoms with van der Waals surface area (Å²) >= 11 is 0. The summed E-state index contributed by atoms with van der Waals surface area (Å²) in [5, 5.41) is 0. The normalized spacial score (nSPS) is 18.7. The van der Waals surface area contributed by atoms with Gasteiger partial charge in [0.2, 0.25) is 0 Å². The molecule has 1 aliphatic carbocycles. The van der Waals surface area contributed by atoms with Crippen molar-refractivity contribution < 1.29 is 0 Å². The first-order valence-electron chi connectivity index (χ1n) is 9.56. The molecule has 138 valence electrons. The van der Waals surface area contributed by atoms with E-state index in [1.807, 2.05) is 6.08 Å². The second-order valence-corrected chi connectivity index (χ2v) is 7.82. The molecule has 0 saturated heterocycles. The maximum atomic E-state index is 5.65. The molecule has 0 fully saturated rings. The van der Waals surface area contributed by atoms with Gasteiger partial charge in [-0.25, -0.2) is 0 Å². The van der Waals surface area contributed by atoms with Crippen molar-refractivity contribution in [3.63, 3.8) is 0 Å². The van der Waals surface area contributed by atoms with Gasteiger partial charge >= 0.3 is 0 Å². The van der Waals surface area contributed by atoms with E-state index in [9.17, 15) is 0 Å². The first kappa shape index (κ1) is 20.0. The fourth-order valence-electron chi connectivity index (χ4n) is 3.43. The zero-order valence-corrected chi connectivity index (χ0v) is 16.8. The lowest BCUT2D eigenvalue weighted by Crippen LogP contribution is -2.19. The molecular formula is C25H33N. The number of aryl methyl sites for hydroxylation is 1. The first-order valence-corrected chi connectivity index (χ1v) is 9.56. The standard InChI is InChI=1S/C25H33N/c1-6-21(13-12-20(3)26)18-22-8-7-9-23(17-14-22)25(4,5)24-15-10-19(2)11-16-24/h6,9-17,22H,3,7-8,18,26H2,1-2,4-5H3/b13-12-,21-6+. The Hall–Kier alpha value is -2.28. The van der Waals surface area contributed by atoms with Gasteiger partial charge in [0.1, 0.15) is 0 Å². The lowest BCUT2D eigenvalue weighted by molar-refractivity contribution is 0.599. The van der Waals surface area contributed by atoms with Crippen LogP contribution in [0.5, 0.6) is 0 Å². The average molecular weight is 348 g/mol. The van der Waals surface area contributed by atoms with Crippen LogP contribution in [0.1, 0.15) is 51.2 Å². The summed E-state index contributed by atoms with van der Waals surface area (Å²) in [7, 11) is 0. The van der Waals surface area contributed by atoms with Crippen molar-refractivity contribution in [1.29, 1.82) is 0 Å².